The summed E-state index contributed by atoms with van der Waals surface area (Å²) in [6.45, 7) is 1.77. The Morgan fingerprint density at radius 3 is 2.90 bits per heavy atom. The molecule has 1 aliphatic rings. The van der Waals surface area contributed by atoms with Gasteiger partial charge in [0.15, 0.2) is 5.78 Å². The second-order valence-corrected chi connectivity index (χ2v) is 3.90. The van der Waals surface area contributed by atoms with Crippen molar-refractivity contribution in [2.24, 2.45) is 11.7 Å². The van der Waals surface area contributed by atoms with Gasteiger partial charge in [-0.25, -0.2) is 0 Å². The fraction of sp³-hybridized carbons (Fsp3) is 0.857. The molecule has 0 aromatic heterocycles. The van der Waals surface area contributed by atoms with E-state index in [0.717, 1.165) is 17.9 Å². The molecule has 1 aliphatic heterocycles. The first-order chi connectivity index (χ1) is 4.72. The molecule has 0 saturated carbocycles. The highest BCUT2D eigenvalue weighted by Crippen LogP contribution is 2.24. The average Bonchev–Trinajstić information content (AvgIpc) is 2.36. The van der Waals surface area contributed by atoms with Crippen LogP contribution < -0.4 is 5.73 Å². The summed E-state index contributed by atoms with van der Waals surface area (Å²) in [5, 5.41) is 0. The number of nitrogens with two attached hydrogens (primary N) is 1. The predicted octanol–water partition coefficient (Wildman–Crippen LogP) is 0.656. The molecule has 10 heavy (non-hydrogen) atoms. The zero-order valence-corrected chi connectivity index (χ0v) is 6.99. The predicted molar refractivity (Wildman–Crippen MR) is 44.1 cm³/mol. The standard InChI is InChI=1S/C7H13NOS/c1-5(8)7(9)6-2-3-10-4-6/h5-6H,2-4,8H2,1H3. The maximum Gasteiger partial charge on any atom is 0.153 e. The summed E-state index contributed by atoms with van der Waals surface area (Å²) >= 11 is 1.85. The number of carbonyl (C=O) groups is 1. The Hall–Kier alpha value is -0.0200. The Bertz CT molecular complexity index is 130. The minimum atomic E-state index is -0.260. The molecule has 58 valence electrons. The number of carbonyl (C=O) groups excluding carboxylic acids is 1. The smallest absolute Gasteiger partial charge is 0.153 e. The maximum absolute atomic E-state index is 11.2. The van der Waals surface area contributed by atoms with Crippen LogP contribution in [0.1, 0.15) is 13.3 Å². The van der Waals surface area contributed by atoms with E-state index in [1.807, 2.05) is 11.8 Å². The van der Waals surface area contributed by atoms with Gasteiger partial charge in [-0.3, -0.25) is 4.79 Å². The van der Waals surface area contributed by atoms with Crippen LogP contribution in [0.5, 0.6) is 0 Å². The second kappa shape index (κ2) is 3.39. The molecule has 0 radical (unpaired) electrons. The van der Waals surface area contributed by atoms with Crippen molar-refractivity contribution in [1.29, 1.82) is 0 Å². The molecule has 0 aromatic rings. The van der Waals surface area contributed by atoms with E-state index in [0.29, 0.717) is 0 Å². The third kappa shape index (κ3) is 1.73. The largest absolute Gasteiger partial charge is 0.322 e. The Kier molecular flexibility index (Phi) is 2.74. The van der Waals surface area contributed by atoms with E-state index < -0.39 is 0 Å². The second-order valence-electron chi connectivity index (χ2n) is 2.75. The van der Waals surface area contributed by atoms with Gasteiger partial charge in [0, 0.05) is 11.7 Å². The molecule has 2 N–H and O–H groups in total. The van der Waals surface area contributed by atoms with E-state index in [4.69, 9.17) is 5.73 Å². The molecule has 1 fully saturated rings. The van der Waals surface area contributed by atoms with Gasteiger partial charge >= 0.3 is 0 Å². The van der Waals surface area contributed by atoms with Gasteiger partial charge in [0.1, 0.15) is 0 Å². The minimum Gasteiger partial charge on any atom is -0.322 e. The van der Waals surface area contributed by atoms with Crippen LogP contribution in [0.2, 0.25) is 0 Å². The average molecular weight is 159 g/mol. The molecule has 2 atom stereocenters. The van der Waals surface area contributed by atoms with Gasteiger partial charge in [0.05, 0.1) is 6.04 Å². The lowest BCUT2D eigenvalue weighted by atomic mass is 9.99. The number of hydrogen-bond donors (Lipinski definition) is 1. The first-order valence-electron chi connectivity index (χ1n) is 3.59. The van der Waals surface area contributed by atoms with Crippen molar-refractivity contribution < 1.29 is 4.79 Å². The van der Waals surface area contributed by atoms with E-state index in [-0.39, 0.29) is 17.7 Å². The zero-order chi connectivity index (χ0) is 7.56. The van der Waals surface area contributed by atoms with Crippen molar-refractivity contribution in [3.63, 3.8) is 0 Å². The molecule has 0 aromatic carbocycles. The van der Waals surface area contributed by atoms with E-state index in [9.17, 15) is 4.79 Å². The number of ketones is 1. The number of hydrogen-bond acceptors (Lipinski definition) is 3. The normalized spacial score (nSPS) is 28.4. The highest BCUT2D eigenvalue weighted by atomic mass is 32.2. The highest BCUT2D eigenvalue weighted by molar-refractivity contribution is 7.99. The van der Waals surface area contributed by atoms with Crippen molar-refractivity contribution in [2.45, 2.75) is 19.4 Å². The van der Waals surface area contributed by atoms with E-state index >= 15 is 0 Å². The molecule has 0 bridgehead atoms. The molecule has 3 heteroatoms. The third-order valence-corrected chi connectivity index (χ3v) is 2.94. The van der Waals surface area contributed by atoms with Crippen LogP contribution in [-0.2, 0) is 4.79 Å². The van der Waals surface area contributed by atoms with Crippen molar-refractivity contribution in [1.82, 2.24) is 0 Å². The Morgan fingerprint density at radius 2 is 2.50 bits per heavy atom. The molecule has 1 rings (SSSR count). The van der Waals surface area contributed by atoms with Crippen LogP contribution in [0.25, 0.3) is 0 Å². The molecule has 2 nitrogen and oxygen atoms in total. The van der Waals surface area contributed by atoms with Crippen molar-refractivity contribution in [3.8, 4) is 0 Å². The van der Waals surface area contributed by atoms with Gasteiger partial charge in [-0.05, 0) is 19.1 Å². The minimum absolute atomic E-state index is 0.241. The summed E-state index contributed by atoms with van der Waals surface area (Å²) in [5.41, 5.74) is 5.46. The fourth-order valence-corrected chi connectivity index (χ4v) is 2.36. The topological polar surface area (TPSA) is 43.1 Å². The Balaban J connectivity index is 2.40. The van der Waals surface area contributed by atoms with Gasteiger partial charge in [-0.1, -0.05) is 0 Å². The molecule has 0 aliphatic carbocycles. The van der Waals surface area contributed by atoms with Crippen molar-refractivity contribution in [2.75, 3.05) is 11.5 Å². The monoisotopic (exact) mass is 159 g/mol. The van der Waals surface area contributed by atoms with Crippen LogP contribution in [0.4, 0.5) is 0 Å². The first-order valence-corrected chi connectivity index (χ1v) is 4.74. The molecule has 0 amide bonds. The van der Waals surface area contributed by atoms with E-state index in [2.05, 4.69) is 0 Å². The van der Waals surface area contributed by atoms with E-state index in [1.54, 1.807) is 6.92 Å². The first kappa shape index (κ1) is 8.08. The lowest BCUT2D eigenvalue weighted by Gasteiger charge is -2.08. The molecular formula is C7H13NOS. The Morgan fingerprint density at radius 1 is 1.80 bits per heavy atom. The number of rotatable bonds is 2. The molecule has 1 saturated heterocycles. The maximum atomic E-state index is 11.2. The molecule has 1 heterocycles. The third-order valence-electron chi connectivity index (χ3n) is 1.78. The summed E-state index contributed by atoms with van der Waals surface area (Å²) in [6.07, 6.45) is 1.03. The van der Waals surface area contributed by atoms with Crippen LogP contribution in [0, 0.1) is 5.92 Å². The van der Waals surface area contributed by atoms with E-state index in [1.165, 1.54) is 0 Å². The van der Waals surface area contributed by atoms with Crippen LogP contribution >= 0.6 is 11.8 Å². The summed E-state index contributed by atoms with van der Waals surface area (Å²) in [6, 6.07) is -0.260. The van der Waals surface area contributed by atoms with Crippen molar-refractivity contribution in [3.05, 3.63) is 0 Å². The lowest BCUT2D eigenvalue weighted by Crippen LogP contribution is -2.32. The van der Waals surface area contributed by atoms with Crippen LogP contribution in [0.3, 0.4) is 0 Å². The van der Waals surface area contributed by atoms with Crippen LogP contribution in [0.15, 0.2) is 0 Å². The highest BCUT2D eigenvalue weighted by Gasteiger charge is 2.24. The summed E-state index contributed by atoms with van der Waals surface area (Å²) in [5.74, 6) is 2.61. The fourth-order valence-electron chi connectivity index (χ4n) is 1.13. The summed E-state index contributed by atoms with van der Waals surface area (Å²) in [4.78, 5) is 11.2. The Labute approximate surface area is 65.5 Å². The molecule has 2 unspecified atom stereocenters. The number of Topliss-reactive ketones (excluding diaryl/α,β-unsaturated/α-hetero) is 1. The summed E-state index contributed by atoms with van der Waals surface area (Å²) in [7, 11) is 0. The summed E-state index contributed by atoms with van der Waals surface area (Å²) < 4.78 is 0. The van der Waals surface area contributed by atoms with Crippen molar-refractivity contribution >= 4 is 17.5 Å². The van der Waals surface area contributed by atoms with Crippen LogP contribution in [-0.4, -0.2) is 23.3 Å². The van der Waals surface area contributed by atoms with Gasteiger partial charge in [-0.2, -0.15) is 11.8 Å². The van der Waals surface area contributed by atoms with Gasteiger partial charge in [0.25, 0.3) is 0 Å². The number of thioether (sulfide) groups is 1. The van der Waals surface area contributed by atoms with Gasteiger partial charge < -0.3 is 5.73 Å². The molecule has 0 spiro atoms. The molecular weight excluding hydrogens is 146 g/mol. The lowest BCUT2D eigenvalue weighted by molar-refractivity contribution is -0.123. The van der Waals surface area contributed by atoms with Gasteiger partial charge in [-0.15, -0.1) is 0 Å². The zero-order valence-electron chi connectivity index (χ0n) is 6.17. The SMILES string of the molecule is CC(N)C(=O)C1CCSC1. The quantitative estimate of drug-likeness (QED) is 0.643. The van der Waals surface area contributed by atoms with Gasteiger partial charge in [0.2, 0.25) is 0 Å².